The summed E-state index contributed by atoms with van der Waals surface area (Å²) >= 11 is 0. The lowest BCUT2D eigenvalue weighted by molar-refractivity contribution is 0.175. The molecule has 2 unspecified atom stereocenters. The van der Waals surface area contributed by atoms with Gasteiger partial charge in [-0.3, -0.25) is 0 Å². The van der Waals surface area contributed by atoms with Gasteiger partial charge in [0.25, 0.3) is 0 Å². The standard InChI is InChI=1S/C12H16O2/c1-4-10-5-6-11(8(2)13)12(7-10)9(3)14/h4-9,13-14H,1H2,2-3H3. The minimum Gasteiger partial charge on any atom is -0.389 e. The van der Waals surface area contributed by atoms with Crippen molar-refractivity contribution in [3.05, 3.63) is 41.5 Å². The van der Waals surface area contributed by atoms with Gasteiger partial charge in [0.2, 0.25) is 0 Å². The topological polar surface area (TPSA) is 40.5 Å². The first-order valence-electron chi connectivity index (χ1n) is 4.68. The van der Waals surface area contributed by atoms with Crippen LogP contribution in [-0.2, 0) is 0 Å². The van der Waals surface area contributed by atoms with Crippen LogP contribution in [0.1, 0.15) is 42.7 Å². The van der Waals surface area contributed by atoms with Crippen LogP contribution in [0.3, 0.4) is 0 Å². The number of hydrogen-bond donors (Lipinski definition) is 2. The van der Waals surface area contributed by atoms with Gasteiger partial charge >= 0.3 is 0 Å². The SMILES string of the molecule is C=Cc1ccc(C(C)O)c(C(C)O)c1. The van der Waals surface area contributed by atoms with Gasteiger partial charge in [-0.05, 0) is 36.6 Å². The molecule has 0 radical (unpaired) electrons. The summed E-state index contributed by atoms with van der Waals surface area (Å²) in [4.78, 5) is 0. The highest BCUT2D eigenvalue weighted by molar-refractivity contribution is 5.50. The van der Waals surface area contributed by atoms with Gasteiger partial charge in [-0.2, -0.15) is 0 Å². The molecule has 0 bridgehead atoms. The van der Waals surface area contributed by atoms with Gasteiger partial charge in [-0.15, -0.1) is 0 Å². The third-order valence-electron chi connectivity index (χ3n) is 2.25. The Bertz CT molecular complexity index is 327. The minimum absolute atomic E-state index is 0.557. The van der Waals surface area contributed by atoms with Crippen molar-refractivity contribution >= 4 is 6.08 Å². The zero-order valence-electron chi connectivity index (χ0n) is 8.57. The molecule has 2 N–H and O–H groups in total. The Hall–Kier alpha value is -1.12. The van der Waals surface area contributed by atoms with Crippen molar-refractivity contribution in [3.8, 4) is 0 Å². The highest BCUT2D eigenvalue weighted by Gasteiger charge is 2.11. The summed E-state index contributed by atoms with van der Waals surface area (Å²) in [6.45, 7) is 7.04. The monoisotopic (exact) mass is 192 g/mol. The zero-order valence-corrected chi connectivity index (χ0v) is 8.57. The molecule has 0 aliphatic heterocycles. The molecular weight excluding hydrogens is 176 g/mol. The molecule has 2 atom stereocenters. The van der Waals surface area contributed by atoms with E-state index in [4.69, 9.17) is 0 Å². The molecule has 0 aliphatic rings. The van der Waals surface area contributed by atoms with Crippen LogP contribution < -0.4 is 0 Å². The van der Waals surface area contributed by atoms with Crippen LogP contribution in [0, 0.1) is 0 Å². The molecule has 2 nitrogen and oxygen atoms in total. The van der Waals surface area contributed by atoms with E-state index in [2.05, 4.69) is 6.58 Å². The average Bonchev–Trinajstić information content (AvgIpc) is 2.16. The van der Waals surface area contributed by atoms with Crippen molar-refractivity contribution in [3.63, 3.8) is 0 Å². The second-order valence-corrected chi connectivity index (χ2v) is 3.44. The molecule has 0 spiro atoms. The van der Waals surface area contributed by atoms with E-state index in [0.717, 1.165) is 16.7 Å². The number of aliphatic hydroxyl groups is 2. The summed E-state index contributed by atoms with van der Waals surface area (Å²) in [5.41, 5.74) is 2.48. The number of benzene rings is 1. The van der Waals surface area contributed by atoms with Crippen LogP contribution in [0.5, 0.6) is 0 Å². The Labute approximate surface area is 84.5 Å². The summed E-state index contributed by atoms with van der Waals surface area (Å²) in [6, 6.07) is 5.55. The van der Waals surface area contributed by atoms with E-state index in [9.17, 15) is 10.2 Å². The Morgan fingerprint density at radius 3 is 2.14 bits per heavy atom. The van der Waals surface area contributed by atoms with E-state index in [-0.39, 0.29) is 0 Å². The number of aliphatic hydroxyl groups excluding tert-OH is 2. The molecule has 0 aliphatic carbocycles. The fraction of sp³-hybridized carbons (Fsp3) is 0.333. The number of rotatable bonds is 3. The Kier molecular flexibility index (Phi) is 3.44. The van der Waals surface area contributed by atoms with Crippen molar-refractivity contribution in [2.24, 2.45) is 0 Å². The zero-order chi connectivity index (χ0) is 10.7. The van der Waals surface area contributed by atoms with Crippen LogP contribution in [0.2, 0.25) is 0 Å². The van der Waals surface area contributed by atoms with Crippen molar-refractivity contribution in [1.29, 1.82) is 0 Å². The Balaban J connectivity index is 3.23. The predicted octanol–water partition coefficient (Wildman–Crippen LogP) is 2.44. The van der Waals surface area contributed by atoms with E-state index < -0.39 is 12.2 Å². The molecule has 0 saturated heterocycles. The Morgan fingerprint density at radius 1 is 1.14 bits per heavy atom. The van der Waals surface area contributed by atoms with Crippen molar-refractivity contribution in [2.75, 3.05) is 0 Å². The van der Waals surface area contributed by atoms with Gasteiger partial charge in [0, 0.05) is 0 Å². The van der Waals surface area contributed by atoms with Gasteiger partial charge < -0.3 is 10.2 Å². The summed E-state index contributed by atoms with van der Waals surface area (Å²) < 4.78 is 0. The van der Waals surface area contributed by atoms with Crippen molar-refractivity contribution < 1.29 is 10.2 Å². The second kappa shape index (κ2) is 4.40. The maximum atomic E-state index is 9.53. The largest absolute Gasteiger partial charge is 0.389 e. The van der Waals surface area contributed by atoms with Crippen LogP contribution in [0.15, 0.2) is 24.8 Å². The molecule has 0 amide bonds. The lowest BCUT2D eigenvalue weighted by Crippen LogP contribution is -2.02. The highest BCUT2D eigenvalue weighted by Crippen LogP contribution is 2.25. The molecule has 2 heteroatoms. The van der Waals surface area contributed by atoms with Gasteiger partial charge in [-0.1, -0.05) is 24.8 Å². The van der Waals surface area contributed by atoms with E-state index >= 15 is 0 Å². The average molecular weight is 192 g/mol. The van der Waals surface area contributed by atoms with Crippen LogP contribution in [-0.4, -0.2) is 10.2 Å². The minimum atomic E-state index is -0.570. The molecule has 0 aromatic heterocycles. The van der Waals surface area contributed by atoms with Crippen molar-refractivity contribution in [1.82, 2.24) is 0 Å². The smallest absolute Gasteiger partial charge is 0.0765 e. The molecule has 0 saturated carbocycles. The second-order valence-electron chi connectivity index (χ2n) is 3.44. The highest BCUT2D eigenvalue weighted by atomic mass is 16.3. The molecular formula is C12H16O2. The molecule has 1 aromatic rings. The van der Waals surface area contributed by atoms with Crippen LogP contribution in [0.25, 0.3) is 6.08 Å². The van der Waals surface area contributed by atoms with E-state index in [1.165, 1.54) is 0 Å². The number of hydrogen-bond acceptors (Lipinski definition) is 2. The van der Waals surface area contributed by atoms with Crippen LogP contribution >= 0.6 is 0 Å². The summed E-state index contributed by atoms with van der Waals surface area (Å²) in [7, 11) is 0. The van der Waals surface area contributed by atoms with Gasteiger partial charge in [-0.25, -0.2) is 0 Å². The fourth-order valence-corrected chi connectivity index (χ4v) is 1.46. The van der Waals surface area contributed by atoms with Gasteiger partial charge in [0.15, 0.2) is 0 Å². The molecule has 1 rings (SSSR count). The third-order valence-corrected chi connectivity index (χ3v) is 2.25. The van der Waals surface area contributed by atoms with Gasteiger partial charge in [0.05, 0.1) is 12.2 Å². The molecule has 0 fully saturated rings. The lowest BCUT2D eigenvalue weighted by Gasteiger charge is -2.15. The fourth-order valence-electron chi connectivity index (χ4n) is 1.46. The predicted molar refractivity (Wildman–Crippen MR) is 57.8 cm³/mol. The quantitative estimate of drug-likeness (QED) is 0.772. The van der Waals surface area contributed by atoms with E-state index in [1.807, 2.05) is 18.2 Å². The van der Waals surface area contributed by atoms with Crippen LogP contribution in [0.4, 0.5) is 0 Å². The third kappa shape index (κ3) is 2.22. The summed E-state index contributed by atoms with van der Waals surface area (Å²) in [6.07, 6.45) is 0.593. The molecule has 76 valence electrons. The molecule has 1 aromatic carbocycles. The lowest BCUT2D eigenvalue weighted by atomic mass is 9.97. The first-order valence-corrected chi connectivity index (χ1v) is 4.68. The van der Waals surface area contributed by atoms with Crippen molar-refractivity contribution in [2.45, 2.75) is 26.1 Å². The Morgan fingerprint density at radius 2 is 1.71 bits per heavy atom. The first-order chi connectivity index (χ1) is 6.56. The van der Waals surface area contributed by atoms with E-state index in [0.29, 0.717) is 0 Å². The summed E-state index contributed by atoms with van der Waals surface area (Å²) in [5.74, 6) is 0. The molecule has 14 heavy (non-hydrogen) atoms. The maximum absolute atomic E-state index is 9.53. The molecule has 0 heterocycles. The maximum Gasteiger partial charge on any atom is 0.0765 e. The summed E-state index contributed by atoms with van der Waals surface area (Å²) in [5, 5.41) is 19.0. The normalized spacial score (nSPS) is 14.9. The first kappa shape index (κ1) is 11.0. The van der Waals surface area contributed by atoms with E-state index in [1.54, 1.807) is 19.9 Å². The van der Waals surface area contributed by atoms with Gasteiger partial charge in [0.1, 0.15) is 0 Å².